The van der Waals surface area contributed by atoms with E-state index in [2.05, 4.69) is 15.3 Å². The highest BCUT2D eigenvalue weighted by Gasteiger charge is 2.25. The quantitative estimate of drug-likeness (QED) is 0.777. The average molecular weight is 356 g/mol. The zero-order chi connectivity index (χ0) is 17.2. The van der Waals surface area contributed by atoms with Crippen LogP contribution in [0.25, 0.3) is 11.0 Å². The molecule has 0 aliphatic carbocycles. The maximum absolute atomic E-state index is 11.5. The number of fused-ring (bicyclic) bond motifs is 1. The average Bonchev–Trinajstić information content (AvgIpc) is 3.01. The van der Waals surface area contributed by atoms with Gasteiger partial charge in [0.2, 0.25) is 5.88 Å². The number of benzene rings is 2. The Morgan fingerprint density at radius 3 is 2.64 bits per heavy atom. The number of hydrogen-bond donors (Lipinski definition) is 1. The lowest BCUT2D eigenvalue weighted by Gasteiger charge is -2.11. The first-order valence-electron chi connectivity index (χ1n) is 7.82. The van der Waals surface area contributed by atoms with E-state index < -0.39 is 6.10 Å². The molecule has 25 heavy (non-hydrogen) atoms. The molecule has 1 aliphatic heterocycles. The third-order valence-electron chi connectivity index (χ3n) is 3.80. The van der Waals surface area contributed by atoms with E-state index in [1.165, 1.54) is 0 Å². The van der Waals surface area contributed by atoms with Gasteiger partial charge in [0.15, 0.2) is 6.10 Å². The molecule has 0 bridgehead atoms. The van der Waals surface area contributed by atoms with Gasteiger partial charge in [-0.25, -0.2) is 9.97 Å². The van der Waals surface area contributed by atoms with Gasteiger partial charge in [0.25, 0.3) is 5.91 Å². The third-order valence-corrected chi connectivity index (χ3v) is 4.04. The number of nitrogens with zero attached hydrogens (tertiary/aromatic N) is 2. The van der Waals surface area contributed by atoms with E-state index in [0.717, 1.165) is 5.52 Å². The van der Waals surface area contributed by atoms with Crippen LogP contribution in [0.5, 0.6) is 17.4 Å². The Labute approximate surface area is 148 Å². The Bertz CT molecular complexity index is 931. The van der Waals surface area contributed by atoms with Gasteiger partial charge in [-0.3, -0.25) is 4.79 Å². The molecule has 1 N–H and O–H groups in total. The lowest BCUT2D eigenvalue weighted by atomic mass is 10.3. The molecule has 1 aliphatic rings. The molecule has 4 rings (SSSR count). The van der Waals surface area contributed by atoms with Gasteiger partial charge in [-0.2, -0.15) is 0 Å². The smallest absolute Gasteiger partial charge is 0.261 e. The number of amides is 1. The highest BCUT2D eigenvalue weighted by atomic mass is 35.5. The number of hydrogen-bond acceptors (Lipinski definition) is 5. The van der Waals surface area contributed by atoms with Gasteiger partial charge < -0.3 is 14.8 Å². The molecule has 2 heterocycles. The minimum absolute atomic E-state index is 0.0783. The lowest BCUT2D eigenvalue weighted by Crippen LogP contribution is -2.27. The molecular weight excluding hydrogens is 342 g/mol. The first kappa shape index (κ1) is 15.7. The number of carbonyl (C=O) groups is 1. The van der Waals surface area contributed by atoms with Crippen molar-refractivity contribution < 1.29 is 14.3 Å². The van der Waals surface area contributed by atoms with Crippen LogP contribution in [0.4, 0.5) is 0 Å². The van der Waals surface area contributed by atoms with Crippen LogP contribution in [0.2, 0.25) is 5.02 Å². The van der Waals surface area contributed by atoms with Crippen molar-refractivity contribution in [3.63, 3.8) is 0 Å². The molecule has 2 aromatic carbocycles. The van der Waals surface area contributed by atoms with Crippen LogP contribution in [-0.4, -0.2) is 28.5 Å². The van der Waals surface area contributed by atoms with Crippen LogP contribution < -0.4 is 14.8 Å². The number of ether oxygens (including phenoxy) is 2. The molecule has 0 radical (unpaired) electrons. The molecular formula is C18H14ClN3O3. The zero-order valence-electron chi connectivity index (χ0n) is 13.1. The van der Waals surface area contributed by atoms with Crippen LogP contribution in [0.1, 0.15) is 6.42 Å². The third kappa shape index (κ3) is 3.49. The SMILES string of the molecule is O=C1NCC[C@H]1Oc1ccc(Oc2cnc3ccc(Cl)cc3n2)cc1. The largest absolute Gasteiger partial charge is 0.481 e. The van der Waals surface area contributed by atoms with Gasteiger partial charge in [-0.1, -0.05) is 11.6 Å². The molecule has 1 aromatic heterocycles. The molecule has 126 valence electrons. The van der Waals surface area contributed by atoms with Crippen molar-refractivity contribution in [3.8, 4) is 17.4 Å². The van der Waals surface area contributed by atoms with Crippen LogP contribution in [0.15, 0.2) is 48.7 Å². The second-order valence-electron chi connectivity index (χ2n) is 5.60. The van der Waals surface area contributed by atoms with Gasteiger partial charge in [-0.05, 0) is 42.5 Å². The second-order valence-corrected chi connectivity index (χ2v) is 6.04. The summed E-state index contributed by atoms with van der Waals surface area (Å²) in [7, 11) is 0. The number of aromatic nitrogens is 2. The minimum Gasteiger partial charge on any atom is -0.481 e. The lowest BCUT2D eigenvalue weighted by molar-refractivity contribution is -0.124. The summed E-state index contributed by atoms with van der Waals surface area (Å²) in [6.45, 7) is 0.648. The Balaban J connectivity index is 1.48. The zero-order valence-corrected chi connectivity index (χ0v) is 13.9. The maximum Gasteiger partial charge on any atom is 0.261 e. The Morgan fingerprint density at radius 1 is 1.08 bits per heavy atom. The predicted molar refractivity (Wildman–Crippen MR) is 93.1 cm³/mol. The molecule has 6 nitrogen and oxygen atoms in total. The van der Waals surface area contributed by atoms with Crippen molar-refractivity contribution >= 4 is 28.5 Å². The standard InChI is InChI=1S/C18H14ClN3O3/c19-11-1-6-14-15(9-11)22-17(10-21-14)25-13-4-2-12(3-5-13)24-16-7-8-20-18(16)23/h1-6,9-10,16H,7-8H2,(H,20,23)/t16-/m1/s1. The van der Waals surface area contributed by atoms with Crippen LogP contribution >= 0.6 is 11.6 Å². The summed E-state index contributed by atoms with van der Waals surface area (Å²) in [5.41, 5.74) is 1.41. The van der Waals surface area contributed by atoms with E-state index >= 15 is 0 Å². The molecule has 1 fully saturated rings. The molecule has 0 unspecified atom stereocenters. The summed E-state index contributed by atoms with van der Waals surface area (Å²) in [6, 6.07) is 12.3. The van der Waals surface area contributed by atoms with Gasteiger partial charge >= 0.3 is 0 Å². The van der Waals surface area contributed by atoms with Crippen molar-refractivity contribution in [2.45, 2.75) is 12.5 Å². The first-order valence-corrected chi connectivity index (χ1v) is 8.20. The van der Waals surface area contributed by atoms with Crippen molar-refractivity contribution in [2.75, 3.05) is 6.54 Å². The highest BCUT2D eigenvalue weighted by molar-refractivity contribution is 6.31. The number of rotatable bonds is 4. The number of carbonyl (C=O) groups excluding carboxylic acids is 1. The van der Waals surface area contributed by atoms with Crippen LogP contribution in [0, 0.1) is 0 Å². The minimum atomic E-state index is -0.428. The number of halogens is 1. The van der Waals surface area contributed by atoms with Crippen molar-refractivity contribution in [1.29, 1.82) is 0 Å². The summed E-state index contributed by atoms with van der Waals surface area (Å²) in [4.78, 5) is 20.2. The summed E-state index contributed by atoms with van der Waals surface area (Å²) < 4.78 is 11.4. The van der Waals surface area contributed by atoms with Crippen molar-refractivity contribution in [2.24, 2.45) is 0 Å². The van der Waals surface area contributed by atoms with E-state index in [1.54, 1.807) is 48.7 Å². The summed E-state index contributed by atoms with van der Waals surface area (Å²) in [5.74, 6) is 1.51. The number of nitrogens with one attached hydrogen (secondary N) is 1. The fourth-order valence-corrected chi connectivity index (χ4v) is 2.74. The van der Waals surface area contributed by atoms with Gasteiger partial charge in [-0.15, -0.1) is 0 Å². The molecule has 1 saturated heterocycles. The highest BCUT2D eigenvalue weighted by Crippen LogP contribution is 2.25. The summed E-state index contributed by atoms with van der Waals surface area (Å²) in [5, 5.41) is 3.33. The molecule has 1 atom stereocenters. The molecule has 0 saturated carbocycles. The summed E-state index contributed by atoms with van der Waals surface area (Å²) in [6.07, 6.45) is 1.80. The molecule has 3 aromatic rings. The topological polar surface area (TPSA) is 73.3 Å². The van der Waals surface area contributed by atoms with Crippen LogP contribution in [-0.2, 0) is 4.79 Å². The monoisotopic (exact) mass is 355 g/mol. The van der Waals surface area contributed by atoms with E-state index in [1.807, 2.05) is 0 Å². The Morgan fingerprint density at radius 2 is 1.88 bits per heavy atom. The predicted octanol–water partition coefficient (Wildman–Crippen LogP) is 3.34. The van der Waals surface area contributed by atoms with Gasteiger partial charge in [0, 0.05) is 18.0 Å². The van der Waals surface area contributed by atoms with E-state index in [0.29, 0.717) is 40.9 Å². The molecule has 7 heteroatoms. The summed E-state index contributed by atoms with van der Waals surface area (Å²) >= 11 is 5.98. The molecule has 0 spiro atoms. The van der Waals surface area contributed by atoms with E-state index in [-0.39, 0.29) is 5.91 Å². The Hall–Kier alpha value is -2.86. The van der Waals surface area contributed by atoms with E-state index in [4.69, 9.17) is 21.1 Å². The van der Waals surface area contributed by atoms with E-state index in [9.17, 15) is 4.79 Å². The fourth-order valence-electron chi connectivity index (χ4n) is 2.57. The van der Waals surface area contributed by atoms with Crippen molar-refractivity contribution in [3.05, 3.63) is 53.7 Å². The fraction of sp³-hybridized carbons (Fsp3) is 0.167. The van der Waals surface area contributed by atoms with Gasteiger partial charge in [0.05, 0.1) is 17.2 Å². The normalized spacial score (nSPS) is 16.7. The second kappa shape index (κ2) is 6.57. The van der Waals surface area contributed by atoms with Crippen LogP contribution in [0.3, 0.4) is 0 Å². The Kier molecular flexibility index (Phi) is 4.11. The van der Waals surface area contributed by atoms with Gasteiger partial charge in [0.1, 0.15) is 11.5 Å². The first-order chi connectivity index (χ1) is 12.2. The maximum atomic E-state index is 11.5. The van der Waals surface area contributed by atoms with Crippen molar-refractivity contribution in [1.82, 2.24) is 15.3 Å². The molecule has 1 amide bonds.